The van der Waals surface area contributed by atoms with Gasteiger partial charge in [-0.2, -0.15) is 0 Å². The van der Waals surface area contributed by atoms with Crippen molar-refractivity contribution in [2.45, 2.75) is 65.3 Å². The summed E-state index contributed by atoms with van der Waals surface area (Å²) in [7, 11) is 0. The molecule has 1 saturated heterocycles. The molecule has 2 heteroatoms. The molecule has 18 heavy (non-hydrogen) atoms. The Morgan fingerprint density at radius 3 is 2.67 bits per heavy atom. The van der Waals surface area contributed by atoms with Gasteiger partial charge in [0.1, 0.15) is 0 Å². The predicted octanol–water partition coefficient (Wildman–Crippen LogP) is 3.28. The first-order valence-corrected chi connectivity index (χ1v) is 8.07. The van der Waals surface area contributed by atoms with E-state index in [1.165, 1.54) is 64.7 Å². The quantitative estimate of drug-likeness (QED) is 0.755. The fraction of sp³-hybridized carbons (Fsp3) is 1.00. The predicted molar refractivity (Wildman–Crippen MR) is 78.9 cm³/mol. The molecular weight excluding hydrogens is 220 g/mol. The first-order chi connectivity index (χ1) is 8.62. The average Bonchev–Trinajstić information content (AvgIpc) is 2.45. The van der Waals surface area contributed by atoms with E-state index < -0.39 is 0 Å². The second kappa shape index (κ2) is 6.38. The number of hydrogen-bond acceptors (Lipinski definition) is 2. The van der Waals surface area contributed by atoms with Crippen molar-refractivity contribution in [2.75, 3.05) is 26.2 Å². The van der Waals surface area contributed by atoms with Crippen LogP contribution in [0.15, 0.2) is 0 Å². The Morgan fingerprint density at radius 2 is 2.00 bits per heavy atom. The van der Waals surface area contributed by atoms with Gasteiger partial charge in [0.25, 0.3) is 0 Å². The van der Waals surface area contributed by atoms with Crippen LogP contribution in [0, 0.1) is 11.3 Å². The van der Waals surface area contributed by atoms with Crippen molar-refractivity contribution in [3.8, 4) is 0 Å². The van der Waals surface area contributed by atoms with E-state index in [9.17, 15) is 0 Å². The standard InChI is InChI=1S/C16H32N2/c1-4-10-17-13-14-6-7-15(14)18-11-5-8-16(2,3)9-12-18/h14-15,17H,4-13H2,1-3H3. The van der Waals surface area contributed by atoms with Crippen LogP contribution in [0.25, 0.3) is 0 Å². The summed E-state index contributed by atoms with van der Waals surface area (Å²) in [5.41, 5.74) is 0.578. The Hall–Kier alpha value is -0.0800. The maximum atomic E-state index is 3.61. The van der Waals surface area contributed by atoms with Crippen LogP contribution >= 0.6 is 0 Å². The molecule has 2 atom stereocenters. The summed E-state index contributed by atoms with van der Waals surface area (Å²) in [5.74, 6) is 0.928. The smallest absolute Gasteiger partial charge is 0.0136 e. The van der Waals surface area contributed by atoms with Crippen LogP contribution in [0.1, 0.15) is 59.3 Å². The zero-order valence-corrected chi connectivity index (χ0v) is 12.7. The SMILES string of the molecule is CCCNCC1CCC1N1CCCC(C)(C)CC1. The van der Waals surface area contributed by atoms with Crippen molar-refractivity contribution in [3.05, 3.63) is 0 Å². The molecule has 1 saturated carbocycles. The van der Waals surface area contributed by atoms with Crippen molar-refractivity contribution >= 4 is 0 Å². The number of hydrogen-bond donors (Lipinski definition) is 1. The van der Waals surface area contributed by atoms with Gasteiger partial charge >= 0.3 is 0 Å². The Bertz CT molecular complexity index is 249. The monoisotopic (exact) mass is 252 g/mol. The summed E-state index contributed by atoms with van der Waals surface area (Å²) >= 11 is 0. The molecule has 0 amide bonds. The molecular formula is C16H32N2. The van der Waals surface area contributed by atoms with E-state index in [0.717, 1.165) is 12.0 Å². The zero-order chi connectivity index (χ0) is 13.0. The molecule has 2 aliphatic rings. The van der Waals surface area contributed by atoms with E-state index >= 15 is 0 Å². The third-order valence-corrected chi connectivity index (χ3v) is 5.05. The van der Waals surface area contributed by atoms with E-state index in [4.69, 9.17) is 0 Å². The lowest BCUT2D eigenvalue weighted by molar-refractivity contribution is 0.0624. The first-order valence-electron chi connectivity index (χ1n) is 8.07. The van der Waals surface area contributed by atoms with Crippen LogP contribution in [0.5, 0.6) is 0 Å². The summed E-state index contributed by atoms with van der Waals surface area (Å²) < 4.78 is 0. The van der Waals surface area contributed by atoms with Crippen LogP contribution < -0.4 is 5.32 Å². The molecule has 2 rings (SSSR count). The molecule has 1 heterocycles. The van der Waals surface area contributed by atoms with Crippen molar-refractivity contribution < 1.29 is 0 Å². The van der Waals surface area contributed by atoms with Crippen LogP contribution in [-0.2, 0) is 0 Å². The molecule has 2 fully saturated rings. The maximum absolute atomic E-state index is 3.61. The molecule has 106 valence electrons. The van der Waals surface area contributed by atoms with Gasteiger partial charge in [0.2, 0.25) is 0 Å². The average molecular weight is 252 g/mol. The van der Waals surface area contributed by atoms with Crippen molar-refractivity contribution in [1.29, 1.82) is 0 Å². The van der Waals surface area contributed by atoms with Crippen LogP contribution in [0.3, 0.4) is 0 Å². The van der Waals surface area contributed by atoms with Gasteiger partial charge < -0.3 is 10.2 Å². The summed E-state index contributed by atoms with van der Waals surface area (Å²) in [5, 5.41) is 3.61. The fourth-order valence-electron chi connectivity index (χ4n) is 3.51. The first kappa shape index (κ1) is 14.3. The van der Waals surface area contributed by atoms with Gasteiger partial charge in [-0.25, -0.2) is 0 Å². The minimum absolute atomic E-state index is 0.578. The van der Waals surface area contributed by atoms with Gasteiger partial charge in [-0.05, 0) is 76.0 Å². The van der Waals surface area contributed by atoms with Crippen LogP contribution in [0.2, 0.25) is 0 Å². The molecule has 0 spiro atoms. The van der Waals surface area contributed by atoms with Crippen LogP contribution in [-0.4, -0.2) is 37.1 Å². The van der Waals surface area contributed by atoms with Gasteiger partial charge in [-0.15, -0.1) is 0 Å². The van der Waals surface area contributed by atoms with E-state index in [-0.39, 0.29) is 0 Å². The minimum Gasteiger partial charge on any atom is -0.316 e. The lowest BCUT2D eigenvalue weighted by atomic mass is 9.78. The highest BCUT2D eigenvalue weighted by atomic mass is 15.2. The van der Waals surface area contributed by atoms with E-state index in [1.54, 1.807) is 0 Å². The van der Waals surface area contributed by atoms with Gasteiger partial charge in [0, 0.05) is 6.04 Å². The molecule has 0 aromatic carbocycles. The zero-order valence-electron chi connectivity index (χ0n) is 12.7. The van der Waals surface area contributed by atoms with Gasteiger partial charge in [0.05, 0.1) is 0 Å². The normalized spacial score (nSPS) is 32.8. The van der Waals surface area contributed by atoms with Crippen molar-refractivity contribution in [2.24, 2.45) is 11.3 Å². The Kier molecular flexibility index (Phi) is 5.08. The summed E-state index contributed by atoms with van der Waals surface area (Å²) in [6.45, 7) is 12.3. The molecule has 0 bridgehead atoms. The highest BCUT2D eigenvalue weighted by molar-refractivity contribution is 4.91. The highest BCUT2D eigenvalue weighted by Gasteiger charge is 2.36. The maximum Gasteiger partial charge on any atom is 0.0136 e. The number of nitrogens with one attached hydrogen (secondary N) is 1. The molecule has 0 radical (unpaired) electrons. The molecule has 1 aliphatic carbocycles. The number of likely N-dealkylation sites (tertiary alicyclic amines) is 1. The van der Waals surface area contributed by atoms with E-state index in [0.29, 0.717) is 5.41 Å². The molecule has 0 aromatic rings. The summed E-state index contributed by atoms with van der Waals surface area (Å²) in [6, 6.07) is 0.892. The van der Waals surface area contributed by atoms with Gasteiger partial charge in [-0.3, -0.25) is 0 Å². The van der Waals surface area contributed by atoms with Gasteiger partial charge in [-0.1, -0.05) is 20.8 Å². The fourth-order valence-corrected chi connectivity index (χ4v) is 3.51. The third kappa shape index (κ3) is 3.71. The van der Waals surface area contributed by atoms with E-state index in [1.807, 2.05) is 0 Å². The topological polar surface area (TPSA) is 15.3 Å². The number of rotatable bonds is 5. The van der Waals surface area contributed by atoms with Crippen molar-refractivity contribution in [1.82, 2.24) is 10.2 Å². The molecule has 1 aliphatic heterocycles. The lowest BCUT2D eigenvalue weighted by Crippen LogP contribution is -2.51. The van der Waals surface area contributed by atoms with Crippen molar-refractivity contribution in [3.63, 3.8) is 0 Å². The third-order valence-electron chi connectivity index (χ3n) is 5.05. The molecule has 1 N–H and O–H groups in total. The molecule has 2 nitrogen and oxygen atoms in total. The molecule has 0 aromatic heterocycles. The Labute approximate surface area is 114 Å². The Morgan fingerprint density at radius 1 is 1.17 bits per heavy atom. The second-order valence-corrected chi connectivity index (χ2v) is 7.16. The van der Waals surface area contributed by atoms with Crippen LogP contribution in [0.4, 0.5) is 0 Å². The lowest BCUT2D eigenvalue weighted by Gasteiger charge is -2.44. The minimum atomic E-state index is 0.578. The Balaban J connectivity index is 1.77. The summed E-state index contributed by atoms with van der Waals surface area (Å²) in [6.07, 6.45) is 8.35. The highest BCUT2D eigenvalue weighted by Crippen LogP contribution is 2.36. The number of nitrogens with zero attached hydrogens (tertiary/aromatic N) is 1. The second-order valence-electron chi connectivity index (χ2n) is 7.16. The molecule has 2 unspecified atom stereocenters. The van der Waals surface area contributed by atoms with E-state index in [2.05, 4.69) is 31.0 Å². The van der Waals surface area contributed by atoms with Gasteiger partial charge in [0.15, 0.2) is 0 Å². The largest absolute Gasteiger partial charge is 0.316 e. The summed E-state index contributed by atoms with van der Waals surface area (Å²) in [4.78, 5) is 2.80.